The van der Waals surface area contributed by atoms with E-state index in [2.05, 4.69) is 24.9 Å². The van der Waals surface area contributed by atoms with Gasteiger partial charge in [-0.2, -0.15) is 0 Å². The van der Waals surface area contributed by atoms with E-state index in [1.54, 1.807) is 0 Å². The summed E-state index contributed by atoms with van der Waals surface area (Å²) >= 11 is 0. The average molecular weight is 125 g/mol. The molecule has 0 aromatic carbocycles. The summed E-state index contributed by atoms with van der Waals surface area (Å²) in [6.07, 6.45) is 4.66. The van der Waals surface area contributed by atoms with Gasteiger partial charge in [0.1, 0.15) is 0 Å². The standard InChI is InChI=1S/C8H15N/c1-3-8(2)5-4-6-9-7-8/h3,9H,1,4-7H2,2H3/t8-/m1/s1. The van der Waals surface area contributed by atoms with Crippen LogP contribution in [-0.4, -0.2) is 13.1 Å². The normalized spacial score (nSPS) is 36.1. The van der Waals surface area contributed by atoms with Gasteiger partial charge in [-0.25, -0.2) is 0 Å². The van der Waals surface area contributed by atoms with Crippen LogP contribution in [0.2, 0.25) is 0 Å². The van der Waals surface area contributed by atoms with Crippen LogP contribution in [0.5, 0.6) is 0 Å². The fraction of sp³-hybridized carbons (Fsp3) is 0.750. The van der Waals surface area contributed by atoms with E-state index in [4.69, 9.17) is 0 Å². The maximum atomic E-state index is 3.82. The summed E-state index contributed by atoms with van der Waals surface area (Å²) in [5.74, 6) is 0. The number of nitrogens with one attached hydrogen (secondary N) is 1. The van der Waals surface area contributed by atoms with E-state index in [9.17, 15) is 0 Å². The summed E-state index contributed by atoms with van der Waals surface area (Å²) < 4.78 is 0. The van der Waals surface area contributed by atoms with Crippen LogP contribution in [0.15, 0.2) is 12.7 Å². The zero-order chi connectivity index (χ0) is 6.74. The Balaban J connectivity index is 2.46. The molecule has 0 aromatic rings. The molecule has 0 aromatic heterocycles. The zero-order valence-corrected chi connectivity index (χ0v) is 6.11. The Bertz CT molecular complexity index is 101. The molecule has 0 spiro atoms. The van der Waals surface area contributed by atoms with Crippen molar-refractivity contribution in [3.8, 4) is 0 Å². The van der Waals surface area contributed by atoms with Gasteiger partial charge in [-0.3, -0.25) is 0 Å². The molecule has 1 N–H and O–H groups in total. The van der Waals surface area contributed by atoms with Gasteiger partial charge in [0.2, 0.25) is 0 Å². The van der Waals surface area contributed by atoms with E-state index < -0.39 is 0 Å². The molecule has 0 aliphatic carbocycles. The van der Waals surface area contributed by atoms with Crippen molar-refractivity contribution in [1.82, 2.24) is 5.32 Å². The van der Waals surface area contributed by atoms with E-state index in [1.807, 2.05) is 0 Å². The molecule has 0 saturated carbocycles. The van der Waals surface area contributed by atoms with Gasteiger partial charge >= 0.3 is 0 Å². The van der Waals surface area contributed by atoms with E-state index >= 15 is 0 Å². The van der Waals surface area contributed by atoms with Crippen LogP contribution in [0.3, 0.4) is 0 Å². The first kappa shape index (κ1) is 6.81. The fourth-order valence-corrected chi connectivity index (χ4v) is 1.25. The highest BCUT2D eigenvalue weighted by molar-refractivity contribution is 4.94. The Morgan fingerprint density at radius 3 is 2.78 bits per heavy atom. The molecule has 0 radical (unpaired) electrons. The second kappa shape index (κ2) is 2.53. The number of rotatable bonds is 1. The molecule has 0 unspecified atom stereocenters. The maximum Gasteiger partial charge on any atom is 0.00398 e. The lowest BCUT2D eigenvalue weighted by Gasteiger charge is -2.30. The van der Waals surface area contributed by atoms with Gasteiger partial charge in [0, 0.05) is 6.54 Å². The minimum absolute atomic E-state index is 0.373. The first-order chi connectivity index (χ1) is 4.27. The van der Waals surface area contributed by atoms with Crippen molar-refractivity contribution in [2.45, 2.75) is 19.8 Å². The Morgan fingerprint density at radius 2 is 2.44 bits per heavy atom. The Morgan fingerprint density at radius 1 is 1.67 bits per heavy atom. The molecule has 1 atom stereocenters. The van der Waals surface area contributed by atoms with Gasteiger partial charge in [-0.15, -0.1) is 6.58 Å². The zero-order valence-electron chi connectivity index (χ0n) is 6.11. The Hall–Kier alpha value is -0.300. The third-order valence-corrected chi connectivity index (χ3v) is 2.12. The van der Waals surface area contributed by atoms with Crippen LogP contribution < -0.4 is 5.32 Å². The van der Waals surface area contributed by atoms with Crippen LogP contribution in [-0.2, 0) is 0 Å². The molecule has 1 fully saturated rings. The van der Waals surface area contributed by atoms with Crippen molar-refractivity contribution in [2.24, 2.45) is 5.41 Å². The number of hydrogen-bond acceptors (Lipinski definition) is 1. The van der Waals surface area contributed by atoms with Gasteiger partial charge in [-0.1, -0.05) is 13.0 Å². The highest BCUT2D eigenvalue weighted by Gasteiger charge is 2.21. The Kier molecular flexibility index (Phi) is 1.91. The van der Waals surface area contributed by atoms with Crippen LogP contribution in [0.1, 0.15) is 19.8 Å². The average Bonchev–Trinajstić information content (AvgIpc) is 1.90. The third kappa shape index (κ3) is 1.55. The van der Waals surface area contributed by atoms with Crippen LogP contribution in [0, 0.1) is 5.41 Å². The second-order valence-electron chi connectivity index (χ2n) is 3.14. The largest absolute Gasteiger partial charge is 0.316 e. The monoisotopic (exact) mass is 125 g/mol. The molecule has 0 amide bonds. The summed E-state index contributed by atoms with van der Waals surface area (Å²) in [5, 5.41) is 3.36. The van der Waals surface area contributed by atoms with E-state index in [0.717, 1.165) is 6.54 Å². The lowest BCUT2D eigenvalue weighted by molar-refractivity contribution is 0.307. The highest BCUT2D eigenvalue weighted by Crippen LogP contribution is 2.25. The van der Waals surface area contributed by atoms with Crippen molar-refractivity contribution < 1.29 is 0 Å². The van der Waals surface area contributed by atoms with E-state index in [0.29, 0.717) is 5.41 Å². The Labute approximate surface area is 57.1 Å². The molecule has 1 aliphatic heterocycles. The maximum absolute atomic E-state index is 3.82. The van der Waals surface area contributed by atoms with Gasteiger partial charge in [0.05, 0.1) is 0 Å². The van der Waals surface area contributed by atoms with E-state index in [-0.39, 0.29) is 0 Å². The molecule has 0 bridgehead atoms. The molecule has 1 heterocycles. The molecule has 1 rings (SSSR count). The summed E-state index contributed by atoms with van der Waals surface area (Å²) in [4.78, 5) is 0. The number of hydrogen-bond donors (Lipinski definition) is 1. The van der Waals surface area contributed by atoms with Gasteiger partial charge in [0.15, 0.2) is 0 Å². The summed E-state index contributed by atoms with van der Waals surface area (Å²) in [6, 6.07) is 0. The summed E-state index contributed by atoms with van der Waals surface area (Å²) in [7, 11) is 0. The second-order valence-corrected chi connectivity index (χ2v) is 3.14. The SMILES string of the molecule is C=C[C@]1(C)CCCNC1. The van der Waals surface area contributed by atoms with Crippen LogP contribution in [0.25, 0.3) is 0 Å². The van der Waals surface area contributed by atoms with Crippen molar-refractivity contribution >= 4 is 0 Å². The first-order valence-corrected chi connectivity index (χ1v) is 3.61. The predicted molar refractivity (Wildman–Crippen MR) is 40.4 cm³/mol. The molecule has 9 heavy (non-hydrogen) atoms. The molecular weight excluding hydrogens is 110 g/mol. The summed E-state index contributed by atoms with van der Waals surface area (Å²) in [5.41, 5.74) is 0.373. The summed E-state index contributed by atoms with van der Waals surface area (Å²) in [6.45, 7) is 8.36. The van der Waals surface area contributed by atoms with Crippen molar-refractivity contribution in [3.05, 3.63) is 12.7 Å². The lowest BCUT2D eigenvalue weighted by atomic mass is 9.83. The van der Waals surface area contributed by atoms with Crippen molar-refractivity contribution in [1.29, 1.82) is 0 Å². The molecule has 1 heteroatoms. The van der Waals surface area contributed by atoms with Crippen molar-refractivity contribution in [3.63, 3.8) is 0 Å². The minimum Gasteiger partial charge on any atom is -0.316 e. The molecule has 1 saturated heterocycles. The topological polar surface area (TPSA) is 12.0 Å². The minimum atomic E-state index is 0.373. The smallest absolute Gasteiger partial charge is 0.00398 e. The van der Waals surface area contributed by atoms with E-state index in [1.165, 1.54) is 19.4 Å². The fourth-order valence-electron chi connectivity index (χ4n) is 1.25. The third-order valence-electron chi connectivity index (χ3n) is 2.12. The number of piperidine rings is 1. The lowest BCUT2D eigenvalue weighted by Crippen LogP contribution is -2.36. The first-order valence-electron chi connectivity index (χ1n) is 3.61. The predicted octanol–water partition coefficient (Wildman–Crippen LogP) is 1.56. The van der Waals surface area contributed by atoms with Crippen molar-refractivity contribution in [2.75, 3.05) is 13.1 Å². The molecule has 1 nitrogen and oxygen atoms in total. The molecule has 1 aliphatic rings. The van der Waals surface area contributed by atoms with Gasteiger partial charge < -0.3 is 5.32 Å². The quantitative estimate of drug-likeness (QED) is 0.524. The highest BCUT2D eigenvalue weighted by atomic mass is 14.9. The van der Waals surface area contributed by atoms with Crippen LogP contribution in [0.4, 0.5) is 0 Å². The van der Waals surface area contributed by atoms with Gasteiger partial charge in [0.25, 0.3) is 0 Å². The molecule has 52 valence electrons. The van der Waals surface area contributed by atoms with Gasteiger partial charge in [-0.05, 0) is 24.8 Å². The molecular formula is C8H15N. The van der Waals surface area contributed by atoms with Crippen LogP contribution >= 0.6 is 0 Å².